The lowest BCUT2D eigenvalue weighted by molar-refractivity contribution is 0.465. The number of ether oxygens (including phenoxy) is 2. The summed E-state index contributed by atoms with van der Waals surface area (Å²) in [5.74, 6) is 3.30. The predicted molar refractivity (Wildman–Crippen MR) is 532 cm³/mol. The standard InChI is InChI=1S/C120H68BN3O2/c1-2-26-69(27-3-1)112-93-38-14-20-47-104(93)123-103-46-19-13-33-86(103)99-63-71(53-60-92(99)120(112)123)70-52-57-83-79-29-6-8-34-87(79)115-76(41-24-43-89(115)98(83)62-70)72-54-58-82-78-28-4-5-30-80(78)97-65-74(55-59-84(97)96(82)64-72)113-94-39-15-22-49-106(94)124-107-50-25-42-77(116(107)88-35-9-11-37-91(88)119(113)124)73-56-61-101-109(66-73)126-111-68-75(67-110-117(111)121(101)100-44-17-23-51-108(100)125-110)114-95-40-16-21-48-105(95)122-102-45-18-12-32-85(102)81-31-7-10-36-90(81)118(114)122/h1-68H. The van der Waals surface area contributed by atoms with Gasteiger partial charge in [-0.1, -0.05) is 328 Å². The zero-order chi connectivity index (χ0) is 81.8. The smallest absolute Gasteiger partial charge is 0.260 e. The Bertz CT molecular complexity index is 9650. The number of fused-ring (bicyclic) bond motifs is 40. The Labute approximate surface area is 722 Å². The maximum Gasteiger partial charge on any atom is 0.260 e. The van der Waals surface area contributed by atoms with E-state index < -0.39 is 0 Å². The van der Waals surface area contributed by atoms with Gasteiger partial charge < -0.3 is 22.7 Å². The first-order chi connectivity index (χ1) is 62.5. The number of para-hydroxylation sites is 6. The SMILES string of the molecule is c1ccc(-c2c3ccccc3n3c4ccccc4c4cc(-c5ccc6c7ccccc7c7c(-c8ccc9c%10ccccc%10c%10cc(-c%11c%12ccccc%12n%12c%13cccc(-c%14ccc%15c(c%14)Oc%14cc(-c%16c%17ccccc%17n%17c%18ccccc%18c%18ccccc%18c%16%17)cc%16c%14B%15c%14ccccc%14O%16)c%13c%13ccccc%13c%11%12)ccc%10c9c8)cccc7c6c5)ccc4c23)cc1. The molecule has 0 N–H and O–H groups in total. The van der Waals surface area contributed by atoms with Crippen LogP contribution in [0.5, 0.6) is 23.0 Å². The molecule has 0 amide bonds. The van der Waals surface area contributed by atoms with Crippen LogP contribution in [0.25, 0.3) is 246 Å². The van der Waals surface area contributed by atoms with Crippen molar-refractivity contribution in [3.05, 3.63) is 413 Å². The molecule has 27 aromatic rings. The highest BCUT2D eigenvalue weighted by Gasteiger charge is 2.41. The number of hydrogen-bond donors (Lipinski definition) is 0. The Morgan fingerprint density at radius 3 is 1.10 bits per heavy atom. The van der Waals surface area contributed by atoms with E-state index in [0.717, 1.165) is 83.7 Å². The average molecular weight is 1590 g/mol. The second-order valence-corrected chi connectivity index (χ2v) is 34.6. The lowest BCUT2D eigenvalue weighted by Crippen LogP contribution is -2.57. The van der Waals surface area contributed by atoms with Crippen LogP contribution in [-0.4, -0.2) is 19.9 Å². The van der Waals surface area contributed by atoms with Crippen LogP contribution in [-0.2, 0) is 0 Å². The summed E-state index contributed by atoms with van der Waals surface area (Å²) in [4.78, 5) is 0. The van der Waals surface area contributed by atoms with Crippen LogP contribution in [0.3, 0.4) is 0 Å². The van der Waals surface area contributed by atoms with E-state index in [4.69, 9.17) is 9.47 Å². The molecular formula is C120H68BN3O2. The van der Waals surface area contributed by atoms with Crippen molar-refractivity contribution in [2.45, 2.75) is 0 Å². The van der Waals surface area contributed by atoms with Gasteiger partial charge in [0.1, 0.15) is 23.0 Å². The summed E-state index contributed by atoms with van der Waals surface area (Å²) in [6.45, 7) is -0.128. The van der Waals surface area contributed by atoms with Gasteiger partial charge in [0, 0.05) is 70.6 Å². The highest BCUT2D eigenvalue weighted by Crippen LogP contribution is 2.53. The summed E-state index contributed by atoms with van der Waals surface area (Å²) >= 11 is 0. The topological polar surface area (TPSA) is 31.7 Å². The molecule has 126 heavy (non-hydrogen) atoms. The fourth-order valence-corrected chi connectivity index (χ4v) is 23.2. The van der Waals surface area contributed by atoms with E-state index in [0.29, 0.717) is 0 Å². The van der Waals surface area contributed by atoms with Crippen molar-refractivity contribution in [2.24, 2.45) is 0 Å². The molecule has 8 heterocycles. The molecule has 0 spiro atoms. The molecular weight excluding hydrogens is 1530 g/mol. The molecule has 2 aliphatic rings. The minimum Gasteiger partial charge on any atom is -0.458 e. The molecule has 0 bridgehead atoms. The Balaban J connectivity index is 0.576. The van der Waals surface area contributed by atoms with Gasteiger partial charge in [0.05, 0.1) is 49.7 Å². The van der Waals surface area contributed by atoms with E-state index in [1.54, 1.807) is 0 Å². The predicted octanol–water partition coefficient (Wildman–Crippen LogP) is 30.5. The van der Waals surface area contributed by atoms with Gasteiger partial charge in [-0.15, -0.1) is 0 Å². The van der Waals surface area contributed by atoms with Gasteiger partial charge in [-0.05, 0) is 227 Å². The van der Waals surface area contributed by atoms with Crippen molar-refractivity contribution in [2.75, 3.05) is 0 Å². The van der Waals surface area contributed by atoms with Gasteiger partial charge in [0.25, 0.3) is 6.71 Å². The summed E-state index contributed by atoms with van der Waals surface area (Å²) in [5.41, 5.74) is 27.9. The van der Waals surface area contributed by atoms with Crippen LogP contribution in [0.15, 0.2) is 413 Å². The fraction of sp³-hybridized carbons (Fsp3) is 0. The molecule has 29 rings (SSSR count). The van der Waals surface area contributed by atoms with Crippen molar-refractivity contribution >= 4 is 202 Å². The number of rotatable bonds is 6. The summed E-state index contributed by atoms with van der Waals surface area (Å²) in [6.07, 6.45) is 0. The van der Waals surface area contributed by atoms with Crippen molar-refractivity contribution in [3.8, 4) is 89.8 Å². The molecule has 0 fully saturated rings. The van der Waals surface area contributed by atoms with Crippen LogP contribution in [0.2, 0.25) is 0 Å². The van der Waals surface area contributed by atoms with E-state index in [-0.39, 0.29) is 6.71 Å². The Hall–Kier alpha value is -16.5. The van der Waals surface area contributed by atoms with Crippen molar-refractivity contribution < 1.29 is 9.47 Å². The molecule has 0 saturated carbocycles. The molecule has 21 aromatic carbocycles. The molecule has 0 saturated heterocycles. The van der Waals surface area contributed by atoms with E-state index in [9.17, 15) is 0 Å². The third kappa shape index (κ3) is 9.27. The molecule has 0 aliphatic carbocycles. The van der Waals surface area contributed by atoms with E-state index >= 15 is 0 Å². The number of nitrogens with zero attached hydrogens (tertiary/aromatic N) is 3. The molecule has 6 aromatic heterocycles. The molecule has 0 unspecified atom stereocenters. The van der Waals surface area contributed by atoms with Crippen LogP contribution in [0, 0.1) is 0 Å². The number of aromatic nitrogens is 3. The Morgan fingerprint density at radius 2 is 0.484 bits per heavy atom. The maximum atomic E-state index is 7.51. The zero-order valence-corrected chi connectivity index (χ0v) is 68.0. The van der Waals surface area contributed by atoms with Gasteiger partial charge >= 0.3 is 0 Å². The number of pyridine rings is 3. The molecule has 2 aliphatic heterocycles. The zero-order valence-electron chi connectivity index (χ0n) is 68.0. The highest BCUT2D eigenvalue weighted by atomic mass is 16.5. The first-order valence-electron chi connectivity index (χ1n) is 43.7. The second-order valence-electron chi connectivity index (χ2n) is 34.6. The minimum absolute atomic E-state index is 0.128. The third-order valence-electron chi connectivity index (χ3n) is 28.4. The first kappa shape index (κ1) is 68.2. The number of benzene rings is 21. The largest absolute Gasteiger partial charge is 0.458 e. The second kappa shape index (κ2) is 25.5. The van der Waals surface area contributed by atoms with Gasteiger partial charge in [0.2, 0.25) is 0 Å². The monoisotopic (exact) mass is 1590 g/mol. The van der Waals surface area contributed by atoms with Crippen molar-refractivity contribution in [1.82, 2.24) is 13.2 Å². The summed E-state index contributed by atoms with van der Waals surface area (Å²) in [7, 11) is 0. The van der Waals surface area contributed by atoms with Gasteiger partial charge in [-0.25, -0.2) is 0 Å². The Morgan fingerprint density at radius 1 is 0.167 bits per heavy atom. The lowest BCUT2D eigenvalue weighted by Gasteiger charge is -2.33. The van der Waals surface area contributed by atoms with Gasteiger partial charge in [-0.2, -0.15) is 0 Å². The maximum absolute atomic E-state index is 7.51. The third-order valence-corrected chi connectivity index (χ3v) is 28.4. The normalized spacial score (nSPS) is 12.7. The summed E-state index contributed by atoms with van der Waals surface area (Å²) in [5, 5.41) is 29.4. The summed E-state index contributed by atoms with van der Waals surface area (Å²) < 4.78 is 22.1. The van der Waals surface area contributed by atoms with Crippen LogP contribution in [0.4, 0.5) is 0 Å². The van der Waals surface area contributed by atoms with Crippen molar-refractivity contribution in [3.63, 3.8) is 0 Å². The summed E-state index contributed by atoms with van der Waals surface area (Å²) in [6, 6.07) is 154. The van der Waals surface area contributed by atoms with E-state index in [2.05, 4.69) is 426 Å². The lowest BCUT2D eigenvalue weighted by atomic mass is 9.35. The van der Waals surface area contributed by atoms with Crippen molar-refractivity contribution in [1.29, 1.82) is 0 Å². The highest BCUT2D eigenvalue weighted by molar-refractivity contribution is 6.98. The minimum atomic E-state index is -0.128. The van der Waals surface area contributed by atoms with Crippen LogP contribution >= 0.6 is 0 Å². The van der Waals surface area contributed by atoms with Crippen LogP contribution in [0.1, 0.15) is 0 Å². The molecule has 0 atom stereocenters. The number of hydrogen-bond acceptors (Lipinski definition) is 2. The van der Waals surface area contributed by atoms with E-state index in [1.165, 1.54) is 201 Å². The average Bonchev–Trinajstić information content (AvgIpc) is 1.35. The molecule has 6 heteroatoms. The van der Waals surface area contributed by atoms with Crippen LogP contribution < -0.4 is 25.9 Å². The quantitative estimate of drug-likeness (QED) is 0.123. The molecule has 5 nitrogen and oxygen atoms in total. The van der Waals surface area contributed by atoms with Gasteiger partial charge in [0.15, 0.2) is 0 Å². The first-order valence-corrected chi connectivity index (χ1v) is 43.7. The van der Waals surface area contributed by atoms with E-state index in [1.807, 2.05) is 0 Å². The Kier molecular flexibility index (Phi) is 13.8. The van der Waals surface area contributed by atoms with Gasteiger partial charge in [-0.3, -0.25) is 0 Å². The molecule has 0 radical (unpaired) electrons. The molecule has 578 valence electrons. The fourth-order valence-electron chi connectivity index (χ4n) is 23.2.